The molecular weight excluding hydrogens is 288 g/mol. The Hall–Kier alpha value is -2.43. The molecule has 0 fully saturated rings. The average molecular weight is 312 g/mol. The van der Waals surface area contributed by atoms with E-state index in [4.69, 9.17) is 0 Å². The molecule has 0 radical (unpaired) electrons. The number of aromatic nitrogens is 2. The van der Waals surface area contributed by atoms with Crippen LogP contribution in [0.15, 0.2) is 30.3 Å². The topological polar surface area (TPSA) is 66.9 Å². The first-order valence-electron chi connectivity index (χ1n) is 7.98. The third-order valence-corrected chi connectivity index (χ3v) is 3.52. The van der Waals surface area contributed by atoms with Gasteiger partial charge in [0.05, 0.1) is 0 Å². The molecule has 1 aromatic heterocycles. The van der Waals surface area contributed by atoms with Crippen LogP contribution in [0, 0.1) is 12.8 Å². The van der Waals surface area contributed by atoms with Gasteiger partial charge in [0.2, 0.25) is 5.91 Å². The zero-order valence-electron chi connectivity index (χ0n) is 14.2. The van der Waals surface area contributed by atoms with Gasteiger partial charge in [-0.15, -0.1) is 10.2 Å². The number of hydrogen-bond acceptors (Lipinski definition) is 4. The molecule has 122 valence electrons. The van der Waals surface area contributed by atoms with E-state index < -0.39 is 0 Å². The number of para-hydroxylation sites is 1. The molecule has 0 bridgehead atoms. The predicted molar refractivity (Wildman–Crippen MR) is 94.0 cm³/mol. The number of benzene rings is 1. The van der Waals surface area contributed by atoms with Crippen LogP contribution >= 0.6 is 0 Å². The van der Waals surface area contributed by atoms with Crippen molar-refractivity contribution in [3.05, 3.63) is 41.5 Å². The molecule has 5 nitrogen and oxygen atoms in total. The first-order chi connectivity index (χ1) is 11.0. The summed E-state index contributed by atoms with van der Waals surface area (Å²) in [5.41, 5.74) is 3.47. The number of hydrogen-bond donors (Lipinski definition) is 2. The normalized spacial score (nSPS) is 10.7. The van der Waals surface area contributed by atoms with Crippen LogP contribution in [0.1, 0.15) is 38.3 Å². The van der Waals surface area contributed by atoms with Gasteiger partial charge in [-0.2, -0.15) is 0 Å². The summed E-state index contributed by atoms with van der Waals surface area (Å²) in [6.07, 6.45) is 1.42. The van der Waals surface area contributed by atoms with Crippen LogP contribution in [0.4, 0.5) is 17.3 Å². The van der Waals surface area contributed by atoms with E-state index in [0.717, 1.165) is 12.1 Å². The monoisotopic (exact) mass is 312 g/mol. The smallest absolute Gasteiger partial charge is 0.225 e. The Morgan fingerprint density at radius 1 is 1.13 bits per heavy atom. The predicted octanol–water partition coefficient (Wildman–Crippen LogP) is 4.08. The van der Waals surface area contributed by atoms with Gasteiger partial charge in [-0.25, -0.2) is 0 Å². The number of nitrogens with zero attached hydrogens (tertiary/aromatic N) is 2. The Balaban J connectivity index is 2.07. The molecule has 2 aromatic rings. The zero-order valence-corrected chi connectivity index (χ0v) is 14.2. The summed E-state index contributed by atoms with van der Waals surface area (Å²) in [4.78, 5) is 11.7. The Labute approximate surface area is 137 Å². The molecule has 0 unspecified atom stereocenters. The highest BCUT2D eigenvalue weighted by molar-refractivity contribution is 5.89. The quantitative estimate of drug-likeness (QED) is 0.843. The Bertz CT molecular complexity index is 665. The molecule has 2 N–H and O–H groups in total. The highest BCUT2D eigenvalue weighted by Crippen LogP contribution is 2.24. The SMILES string of the molecule is CCc1cccc(C)c1Nc1ccc(NC(=O)CC(C)C)nn1. The van der Waals surface area contributed by atoms with Crippen molar-refractivity contribution in [2.24, 2.45) is 5.92 Å². The van der Waals surface area contributed by atoms with Crippen LogP contribution in [0.3, 0.4) is 0 Å². The number of carbonyl (C=O) groups is 1. The van der Waals surface area contributed by atoms with E-state index in [-0.39, 0.29) is 5.91 Å². The molecule has 0 atom stereocenters. The van der Waals surface area contributed by atoms with Gasteiger partial charge in [0.15, 0.2) is 11.6 Å². The van der Waals surface area contributed by atoms with Crippen molar-refractivity contribution in [1.82, 2.24) is 10.2 Å². The molecule has 0 aliphatic heterocycles. The standard InChI is InChI=1S/C18H24N4O/c1-5-14-8-6-7-13(4)18(14)20-16-10-9-15(21-22-16)19-17(23)11-12(2)3/h6-10,12H,5,11H2,1-4H3,(H,20,22)(H,19,21,23). The van der Waals surface area contributed by atoms with Gasteiger partial charge in [-0.05, 0) is 42.5 Å². The highest BCUT2D eigenvalue weighted by Gasteiger charge is 2.08. The third-order valence-electron chi connectivity index (χ3n) is 3.52. The molecule has 1 aromatic carbocycles. The van der Waals surface area contributed by atoms with E-state index >= 15 is 0 Å². The maximum Gasteiger partial charge on any atom is 0.225 e. The first-order valence-corrected chi connectivity index (χ1v) is 7.98. The average Bonchev–Trinajstić information content (AvgIpc) is 2.50. The van der Waals surface area contributed by atoms with Crippen molar-refractivity contribution >= 4 is 23.2 Å². The third kappa shape index (κ3) is 4.77. The van der Waals surface area contributed by atoms with Crippen molar-refractivity contribution in [3.63, 3.8) is 0 Å². The van der Waals surface area contributed by atoms with Crippen molar-refractivity contribution < 1.29 is 4.79 Å². The second kappa shape index (κ2) is 7.72. The van der Waals surface area contributed by atoms with Crippen LogP contribution in [-0.4, -0.2) is 16.1 Å². The Kier molecular flexibility index (Phi) is 5.68. The fourth-order valence-corrected chi connectivity index (χ4v) is 2.36. The van der Waals surface area contributed by atoms with Gasteiger partial charge in [-0.3, -0.25) is 4.79 Å². The molecule has 5 heteroatoms. The molecule has 1 heterocycles. The lowest BCUT2D eigenvalue weighted by Crippen LogP contribution is -2.15. The Morgan fingerprint density at radius 2 is 1.83 bits per heavy atom. The summed E-state index contributed by atoms with van der Waals surface area (Å²) >= 11 is 0. The van der Waals surface area contributed by atoms with E-state index in [0.29, 0.717) is 24.0 Å². The van der Waals surface area contributed by atoms with Gasteiger partial charge >= 0.3 is 0 Å². The first kappa shape index (κ1) is 16.9. The lowest BCUT2D eigenvalue weighted by Gasteiger charge is -2.13. The molecule has 0 saturated carbocycles. The minimum atomic E-state index is -0.0396. The van der Waals surface area contributed by atoms with Gasteiger partial charge < -0.3 is 10.6 Å². The summed E-state index contributed by atoms with van der Waals surface area (Å²) in [6, 6.07) is 9.80. The van der Waals surface area contributed by atoms with Crippen LogP contribution < -0.4 is 10.6 Å². The fourth-order valence-electron chi connectivity index (χ4n) is 2.36. The molecule has 0 saturated heterocycles. The van der Waals surface area contributed by atoms with E-state index in [1.54, 1.807) is 6.07 Å². The lowest BCUT2D eigenvalue weighted by atomic mass is 10.1. The molecule has 2 rings (SSSR count). The summed E-state index contributed by atoms with van der Waals surface area (Å²) in [6.45, 7) is 8.20. The van der Waals surface area contributed by atoms with Crippen LogP contribution in [0.2, 0.25) is 0 Å². The Morgan fingerprint density at radius 3 is 2.43 bits per heavy atom. The van der Waals surface area contributed by atoms with Crippen molar-refractivity contribution in [1.29, 1.82) is 0 Å². The number of amides is 1. The van der Waals surface area contributed by atoms with E-state index in [9.17, 15) is 4.79 Å². The van der Waals surface area contributed by atoms with E-state index in [2.05, 4.69) is 52.9 Å². The van der Waals surface area contributed by atoms with Crippen molar-refractivity contribution in [2.45, 2.75) is 40.5 Å². The van der Waals surface area contributed by atoms with Crippen LogP contribution in [0.5, 0.6) is 0 Å². The van der Waals surface area contributed by atoms with Gasteiger partial charge in [0.1, 0.15) is 0 Å². The van der Waals surface area contributed by atoms with Gasteiger partial charge in [0.25, 0.3) is 0 Å². The largest absolute Gasteiger partial charge is 0.338 e. The summed E-state index contributed by atoms with van der Waals surface area (Å²) in [5.74, 6) is 1.41. The maximum absolute atomic E-state index is 11.7. The van der Waals surface area contributed by atoms with Crippen molar-refractivity contribution in [3.8, 4) is 0 Å². The second-order valence-electron chi connectivity index (χ2n) is 6.04. The highest BCUT2D eigenvalue weighted by atomic mass is 16.1. The number of anilines is 3. The van der Waals surface area contributed by atoms with Crippen molar-refractivity contribution in [2.75, 3.05) is 10.6 Å². The number of nitrogens with one attached hydrogen (secondary N) is 2. The zero-order chi connectivity index (χ0) is 16.8. The molecule has 23 heavy (non-hydrogen) atoms. The fraction of sp³-hybridized carbons (Fsp3) is 0.389. The second-order valence-corrected chi connectivity index (χ2v) is 6.04. The summed E-state index contributed by atoms with van der Waals surface area (Å²) in [5, 5.41) is 14.3. The number of carbonyl (C=O) groups excluding carboxylic acids is 1. The molecular formula is C18H24N4O. The molecule has 0 aliphatic rings. The lowest BCUT2D eigenvalue weighted by molar-refractivity contribution is -0.116. The van der Waals surface area contributed by atoms with E-state index in [1.165, 1.54) is 11.1 Å². The number of aryl methyl sites for hydroxylation is 2. The minimum Gasteiger partial charge on any atom is -0.338 e. The van der Waals surface area contributed by atoms with E-state index in [1.807, 2.05) is 19.9 Å². The molecule has 1 amide bonds. The number of rotatable bonds is 6. The molecule has 0 spiro atoms. The minimum absolute atomic E-state index is 0.0396. The maximum atomic E-state index is 11.7. The summed E-state index contributed by atoms with van der Waals surface area (Å²) < 4.78 is 0. The van der Waals surface area contributed by atoms with Gasteiger partial charge in [-0.1, -0.05) is 39.0 Å². The van der Waals surface area contributed by atoms with Gasteiger partial charge in [0, 0.05) is 12.1 Å². The molecule has 0 aliphatic carbocycles. The summed E-state index contributed by atoms with van der Waals surface area (Å²) in [7, 11) is 0. The van der Waals surface area contributed by atoms with Crippen LogP contribution in [-0.2, 0) is 11.2 Å². The van der Waals surface area contributed by atoms with Crippen LogP contribution in [0.25, 0.3) is 0 Å².